The van der Waals surface area contributed by atoms with Crippen LogP contribution >= 0.6 is 0 Å². The highest BCUT2D eigenvalue weighted by Gasteiger charge is 2.49. The van der Waals surface area contributed by atoms with Gasteiger partial charge in [-0.1, -0.05) is 13.2 Å². The lowest BCUT2D eigenvalue weighted by Crippen LogP contribution is -2.60. The molecule has 0 heterocycles. The summed E-state index contributed by atoms with van der Waals surface area (Å²) in [5.74, 6) is -1.33. The van der Waals surface area contributed by atoms with Crippen molar-refractivity contribution < 1.29 is 31.8 Å². The first-order valence-corrected chi connectivity index (χ1v) is 22.2. The van der Waals surface area contributed by atoms with Crippen molar-refractivity contribution >= 4 is 45.7 Å². The Kier molecular flexibility index (Phi) is 13.5. The molecule has 0 atom stereocenters. The summed E-state index contributed by atoms with van der Waals surface area (Å²) in [5, 5.41) is 7.60. The van der Waals surface area contributed by atoms with Crippen LogP contribution in [0.4, 0.5) is 0 Å². The van der Waals surface area contributed by atoms with Gasteiger partial charge < -0.3 is 22.2 Å². The van der Waals surface area contributed by atoms with E-state index in [1.54, 1.807) is 6.92 Å². The molecule has 0 radical (unpaired) electrons. The Morgan fingerprint density at radius 2 is 1.20 bits per heavy atom. The summed E-state index contributed by atoms with van der Waals surface area (Å²) in [6, 6.07) is 0.676. The van der Waals surface area contributed by atoms with Gasteiger partial charge in [0.1, 0.15) is 0 Å². The summed E-state index contributed by atoms with van der Waals surface area (Å²) in [7, 11) is -8.40. The van der Waals surface area contributed by atoms with Gasteiger partial charge in [-0.05, 0) is 72.3 Å². The van der Waals surface area contributed by atoms with Gasteiger partial charge >= 0.3 is 20.7 Å². The molecule has 0 aromatic heterocycles. The van der Waals surface area contributed by atoms with E-state index in [4.69, 9.17) is 22.2 Å². The van der Waals surface area contributed by atoms with E-state index < -0.39 is 39.7 Å². The molecule has 0 amide bonds. The number of aliphatic carboxylic acids is 1. The van der Waals surface area contributed by atoms with Gasteiger partial charge in [0.05, 0.1) is 6.61 Å². The molecular formula is C19H42O7Si4. The fraction of sp³-hybridized carbons (Fsp3) is 0.684. The molecule has 0 aliphatic heterocycles. The number of carboxylic acids is 1. The molecule has 176 valence electrons. The van der Waals surface area contributed by atoms with Crippen LogP contribution in [0.3, 0.4) is 0 Å². The summed E-state index contributed by atoms with van der Waals surface area (Å²) in [5.41, 5.74) is 0.415. The highest BCUT2D eigenvalue weighted by Crippen LogP contribution is 2.29. The molecule has 0 spiro atoms. The minimum atomic E-state index is -2.83. The minimum absolute atomic E-state index is 0.333. The number of carbonyl (C=O) groups is 2. The highest BCUT2D eigenvalue weighted by atomic mass is 28.5. The molecule has 0 aliphatic carbocycles. The Morgan fingerprint density at radius 3 is 1.43 bits per heavy atom. The van der Waals surface area contributed by atoms with E-state index in [2.05, 4.69) is 72.1 Å². The largest absolute Gasteiger partial charge is 0.478 e. The van der Waals surface area contributed by atoms with Crippen LogP contribution < -0.4 is 0 Å². The zero-order valence-corrected chi connectivity index (χ0v) is 24.5. The van der Waals surface area contributed by atoms with Gasteiger partial charge in [0.15, 0.2) is 25.0 Å². The standard InChI is InChI=1S/C16H38O5Si4.C3H4O2/c1-15(2)16(17)18-13-12-14-25(19-22(3,4)5,20-23(6,7)8)21-24(9,10)11;1-2-3(4)5/h1,12-14H2,2-11H3;2H,1H2,(H,4,5). The Morgan fingerprint density at radius 1 is 0.867 bits per heavy atom. The normalized spacial score (nSPS) is 12.5. The second-order valence-electron chi connectivity index (χ2n) is 9.89. The third-order valence-electron chi connectivity index (χ3n) is 2.77. The Balaban J connectivity index is 0. The maximum Gasteiger partial charge on any atom is 0.469 e. The van der Waals surface area contributed by atoms with Crippen molar-refractivity contribution in [1.82, 2.24) is 0 Å². The fourth-order valence-electron chi connectivity index (χ4n) is 2.19. The third-order valence-corrected chi connectivity index (χ3v) is 14.8. The van der Waals surface area contributed by atoms with Gasteiger partial charge in [-0.3, -0.25) is 0 Å². The van der Waals surface area contributed by atoms with Crippen molar-refractivity contribution in [2.75, 3.05) is 6.61 Å². The lowest BCUT2D eigenvalue weighted by atomic mass is 10.4. The van der Waals surface area contributed by atoms with Crippen LogP contribution in [0.25, 0.3) is 0 Å². The van der Waals surface area contributed by atoms with Gasteiger partial charge in [-0.25, -0.2) is 9.59 Å². The van der Waals surface area contributed by atoms with E-state index in [0.717, 1.165) is 6.08 Å². The molecule has 0 saturated heterocycles. The van der Waals surface area contributed by atoms with Crippen molar-refractivity contribution in [3.63, 3.8) is 0 Å². The van der Waals surface area contributed by atoms with Crippen LogP contribution in [-0.2, 0) is 26.7 Å². The first-order valence-electron chi connectivity index (χ1n) is 10.0. The van der Waals surface area contributed by atoms with Crippen LogP contribution in [-0.4, -0.2) is 57.4 Å². The van der Waals surface area contributed by atoms with Crippen LogP contribution in [0.2, 0.25) is 65.0 Å². The second kappa shape index (κ2) is 12.9. The second-order valence-corrected chi connectivity index (χ2v) is 26.9. The number of hydrogen-bond donors (Lipinski definition) is 1. The van der Waals surface area contributed by atoms with Crippen LogP contribution in [0.1, 0.15) is 13.3 Å². The smallest absolute Gasteiger partial charge is 0.469 e. The fourth-order valence-corrected chi connectivity index (χ4v) is 16.8. The first-order chi connectivity index (χ1) is 13.2. The van der Waals surface area contributed by atoms with E-state index in [1.165, 1.54) is 0 Å². The topological polar surface area (TPSA) is 91.3 Å². The minimum Gasteiger partial charge on any atom is -0.478 e. The lowest BCUT2D eigenvalue weighted by molar-refractivity contribution is -0.139. The average Bonchev–Trinajstić information content (AvgIpc) is 2.46. The Bertz CT molecular complexity index is 546. The summed E-state index contributed by atoms with van der Waals surface area (Å²) in [6.07, 6.45) is 1.50. The predicted molar refractivity (Wildman–Crippen MR) is 132 cm³/mol. The third kappa shape index (κ3) is 19.2. The summed E-state index contributed by atoms with van der Waals surface area (Å²) < 4.78 is 25.0. The zero-order valence-electron chi connectivity index (χ0n) is 20.5. The highest BCUT2D eigenvalue weighted by molar-refractivity contribution is 6.90. The van der Waals surface area contributed by atoms with Crippen LogP contribution in [0, 0.1) is 0 Å². The van der Waals surface area contributed by atoms with Crippen molar-refractivity contribution in [3.8, 4) is 0 Å². The van der Waals surface area contributed by atoms with Crippen molar-refractivity contribution in [2.45, 2.75) is 78.3 Å². The predicted octanol–water partition coefficient (Wildman–Crippen LogP) is 5.25. The molecule has 0 saturated carbocycles. The number of hydrogen-bond acceptors (Lipinski definition) is 6. The maximum absolute atomic E-state index is 11.6. The van der Waals surface area contributed by atoms with E-state index >= 15 is 0 Å². The number of rotatable bonds is 12. The average molecular weight is 495 g/mol. The molecule has 11 heteroatoms. The summed E-state index contributed by atoms with van der Waals surface area (Å²) in [4.78, 5) is 20.8. The molecule has 0 fully saturated rings. The molecule has 0 aliphatic rings. The molecular weight excluding hydrogens is 453 g/mol. The van der Waals surface area contributed by atoms with Gasteiger partial charge in [0, 0.05) is 17.7 Å². The van der Waals surface area contributed by atoms with E-state index in [1.807, 2.05) is 0 Å². The van der Waals surface area contributed by atoms with Gasteiger partial charge in [0.2, 0.25) is 0 Å². The van der Waals surface area contributed by atoms with Crippen molar-refractivity contribution in [2.24, 2.45) is 0 Å². The number of carbonyl (C=O) groups excluding carboxylic acids is 1. The lowest BCUT2D eigenvalue weighted by Gasteiger charge is -2.42. The Labute approximate surface area is 187 Å². The molecule has 0 unspecified atom stereocenters. The number of esters is 1. The maximum atomic E-state index is 11.6. The van der Waals surface area contributed by atoms with E-state index in [0.29, 0.717) is 24.6 Å². The molecule has 1 N–H and O–H groups in total. The molecule has 0 aromatic rings. The van der Waals surface area contributed by atoms with Crippen molar-refractivity contribution in [1.29, 1.82) is 0 Å². The van der Waals surface area contributed by atoms with Crippen LogP contribution in [0.15, 0.2) is 24.8 Å². The molecule has 0 bridgehead atoms. The quantitative estimate of drug-likeness (QED) is 0.171. The molecule has 30 heavy (non-hydrogen) atoms. The zero-order chi connectivity index (χ0) is 24.4. The van der Waals surface area contributed by atoms with Crippen molar-refractivity contribution in [3.05, 3.63) is 24.8 Å². The SMILES string of the molecule is C=C(C)C(=O)OCCC[Si](O[Si](C)(C)C)(O[Si](C)(C)C)O[Si](C)(C)C.C=CC(=O)O. The number of carboxylic acid groups (broad SMARTS) is 1. The molecule has 0 rings (SSSR count). The Hall–Kier alpha value is -0.832. The van der Waals surface area contributed by atoms with Gasteiger partial charge in [-0.15, -0.1) is 0 Å². The first kappa shape index (κ1) is 31.4. The summed E-state index contributed by atoms with van der Waals surface area (Å²) >= 11 is 0. The van der Waals surface area contributed by atoms with E-state index in [-0.39, 0.29) is 5.97 Å². The number of ether oxygens (including phenoxy) is 1. The molecule has 0 aromatic carbocycles. The monoisotopic (exact) mass is 494 g/mol. The molecule has 7 nitrogen and oxygen atoms in total. The summed E-state index contributed by atoms with van der Waals surface area (Å²) in [6.45, 7) is 28.0. The van der Waals surface area contributed by atoms with Gasteiger partial charge in [-0.2, -0.15) is 0 Å². The van der Waals surface area contributed by atoms with E-state index in [9.17, 15) is 9.59 Å². The van der Waals surface area contributed by atoms with Gasteiger partial charge in [0.25, 0.3) is 0 Å². The van der Waals surface area contributed by atoms with Crippen LogP contribution in [0.5, 0.6) is 0 Å².